The Kier molecular flexibility index (Phi) is 15.6. The van der Waals surface area contributed by atoms with Gasteiger partial charge in [-0.1, -0.05) is 157 Å². The Morgan fingerprint density at radius 3 is 1.27 bits per heavy atom. The summed E-state index contributed by atoms with van der Waals surface area (Å²) in [4.78, 5) is 0. The lowest BCUT2D eigenvalue weighted by Gasteiger charge is -2.08. The molecule has 59 heavy (non-hydrogen) atoms. The molecule has 2 N–H and O–H groups in total. The number of rotatable bonds is 4. The summed E-state index contributed by atoms with van der Waals surface area (Å²) in [5.74, 6) is 0. The number of hydrogen-bond acceptors (Lipinski definition) is 2. The predicted molar refractivity (Wildman–Crippen MR) is 272 cm³/mol. The van der Waals surface area contributed by atoms with Crippen LogP contribution in [-0.4, -0.2) is 26.3 Å². The molecule has 2 aromatic heterocycles. The van der Waals surface area contributed by atoms with Gasteiger partial charge in [0.15, 0.2) is 0 Å². The lowest BCUT2D eigenvalue weighted by Crippen LogP contribution is -2.29. The summed E-state index contributed by atoms with van der Waals surface area (Å²) in [6, 6.07) is 67.0. The first kappa shape index (κ1) is 45.1. The van der Waals surface area contributed by atoms with Gasteiger partial charge >= 0.3 is 7.12 Å². The fraction of sp³-hybridized carbons (Fsp3) is 0.0588. The van der Waals surface area contributed by atoms with Crippen molar-refractivity contribution < 1.29 is 10.0 Å². The van der Waals surface area contributed by atoms with E-state index in [9.17, 15) is 0 Å². The molecule has 296 valence electrons. The summed E-state index contributed by atoms with van der Waals surface area (Å²) in [5.41, 5.74) is 10.4. The normalized spacial score (nSPS) is 10.4. The van der Waals surface area contributed by atoms with Crippen molar-refractivity contribution in [2.45, 2.75) is 22.3 Å². The fourth-order valence-electron chi connectivity index (χ4n) is 7.09. The van der Waals surface area contributed by atoms with Crippen LogP contribution in [0, 0.1) is 3.57 Å². The molecule has 0 aliphatic heterocycles. The molecule has 4 nitrogen and oxygen atoms in total. The third kappa shape index (κ3) is 9.75. The number of hydrogen-bond donors (Lipinski definition) is 2. The number of para-hydroxylation sites is 4. The first-order valence-electron chi connectivity index (χ1n) is 18.1. The zero-order valence-electron chi connectivity index (χ0n) is 30.0. The van der Waals surface area contributed by atoms with Crippen molar-refractivity contribution in [1.82, 2.24) is 9.13 Å². The van der Waals surface area contributed by atoms with Gasteiger partial charge in [-0.2, -0.15) is 0 Å². The van der Waals surface area contributed by atoms with Crippen molar-refractivity contribution in [3.05, 3.63) is 207 Å². The molecule has 0 spiro atoms. The standard InChI is InChI=1S/C24H16BrN.C18H12IN.C6H6BBrO2.3CH4/c25-19-13-10-17(11-14-19)18-12-15-24-22(16-18)21-8-4-5-9-23(21)26(24)20-6-2-1-3-7-20;19-13-10-11-18-16(12-13)15-8-4-5-9-17(15)20(18)14-6-2-1-3-7-14;8-6-3-1-5(2-4-6)7(9)10;;;/h1-16H;1-12H;1-4,9-10H;3*1H4. The van der Waals surface area contributed by atoms with Crippen LogP contribution in [0.15, 0.2) is 203 Å². The monoisotopic (exact) mass is 1010 g/mol. The number of benzene rings is 8. The van der Waals surface area contributed by atoms with E-state index in [4.69, 9.17) is 10.0 Å². The average molecular weight is 1020 g/mol. The van der Waals surface area contributed by atoms with E-state index in [2.05, 4.69) is 233 Å². The van der Waals surface area contributed by atoms with Gasteiger partial charge in [0.25, 0.3) is 0 Å². The molecule has 0 unspecified atom stereocenters. The van der Waals surface area contributed by atoms with Crippen LogP contribution in [-0.2, 0) is 0 Å². The molecule has 0 atom stereocenters. The summed E-state index contributed by atoms with van der Waals surface area (Å²) in [6.07, 6.45) is 0. The highest BCUT2D eigenvalue weighted by Crippen LogP contribution is 2.35. The number of aromatic nitrogens is 2. The molecule has 0 amide bonds. The van der Waals surface area contributed by atoms with Gasteiger partial charge in [0, 0.05) is 45.4 Å². The molecule has 0 radical (unpaired) electrons. The highest BCUT2D eigenvalue weighted by molar-refractivity contribution is 14.1. The zero-order valence-corrected chi connectivity index (χ0v) is 35.3. The molecule has 8 aromatic carbocycles. The van der Waals surface area contributed by atoms with Gasteiger partial charge in [-0.05, 0) is 130 Å². The summed E-state index contributed by atoms with van der Waals surface area (Å²) in [6.45, 7) is 0. The minimum atomic E-state index is -1.37. The van der Waals surface area contributed by atoms with Crippen LogP contribution in [0.25, 0.3) is 66.1 Å². The summed E-state index contributed by atoms with van der Waals surface area (Å²) < 4.78 is 7.97. The van der Waals surface area contributed by atoms with E-state index in [-0.39, 0.29) is 22.3 Å². The maximum absolute atomic E-state index is 8.65. The van der Waals surface area contributed by atoms with Crippen molar-refractivity contribution in [2.24, 2.45) is 0 Å². The molecular weight excluding hydrogens is 970 g/mol. The molecule has 0 bridgehead atoms. The minimum Gasteiger partial charge on any atom is -0.423 e. The molecule has 0 saturated heterocycles. The Morgan fingerprint density at radius 2 is 0.780 bits per heavy atom. The molecule has 10 aromatic rings. The second kappa shape index (κ2) is 20.3. The number of fused-ring (bicyclic) bond motifs is 6. The van der Waals surface area contributed by atoms with Gasteiger partial charge in [0.1, 0.15) is 0 Å². The first-order chi connectivity index (χ1) is 27.4. The van der Waals surface area contributed by atoms with E-state index in [0.29, 0.717) is 5.46 Å². The Balaban J connectivity index is 0.000000179. The summed E-state index contributed by atoms with van der Waals surface area (Å²) >= 11 is 9.12. The van der Waals surface area contributed by atoms with Crippen molar-refractivity contribution in [3.8, 4) is 22.5 Å². The van der Waals surface area contributed by atoms with Gasteiger partial charge in [-0.3, -0.25) is 0 Å². The highest BCUT2D eigenvalue weighted by Gasteiger charge is 2.14. The third-order valence-corrected chi connectivity index (χ3v) is 11.4. The van der Waals surface area contributed by atoms with E-state index in [1.807, 2.05) is 0 Å². The summed E-state index contributed by atoms with van der Waals surface area (Å²) in [7, 11) is -1.37. The van der Waals surface area contributed by atoms with Gasteiger partial charge in [0.2, 0.25) is 0 Å². The van der Waals surface area contributed by atoms with Crippen molar-refractivity contribution in [1.29, 1.82) is 0 Å². The lowest BCUT2D eigenvalue weighted by atomic mass is 9.81. The van der Waals surface area contributed by atoms with Crippen LogP contribution in [0.4, 0.5) is 0 Å². The topological polar surface area (TPSA) is 50.3 Å². The lowest BCUT2D eigenvalue weighted by molar-refractivity contribution is 0.426. The second-order valence-corrected chi connectivity index (χ2v) is 16.3. The quantitative estimate of drug-likeness (QED) is 0.136. The molecule has 0 saturated carbocycles. The molecule has 0 fully saturated rings. The SMILES string of the molecule is Brc1ccc(-c2ccc3c(c2)c2ccccc2n3-c2ccccc2)cc1.C.C.C.Ic1ccc2c(c1)c1ccccc1n2-c1ccccc1.OB(O)c1ccc(Br)cc1. The second-order valence-electron chi connectivity index (χ2n) is 13.2. The average Bonchev–Trinajstić information content (AvgIpc) is 3.74. The molecule has 2 heterocycles. The van der Waals surface area contributed by atoms with Crippen molar-refractivity contribution >= 4 is 111 Å². The van der Waals surface area contributed by atoms with Crippen LogP contribution >= 0.6 is 54.5 Å². The molecule has 0 aliphatic carbocycles. The van der Waals surface area contributed by atoms with Crippen LogP contribution in [0.5, 0.6) is 0 Å². The van der Waals surface area contributed by atoms with Crippen LogP contribution in [0.1, 0.15) is 22.3 Å². The van der Waals surface area contributed by atoms with Gasteiger partial charge in [-0.15, -0.1) is 0 Å². The predicted octanol–water partition coefficient (Wildman–Crippen LogP) is 14.6. The van der Waals surface area contributed by atoms with E-state index in [0.717, 1.165) is 8.95 Å². The van der Waals surface area contributed by atoms with Crippen LogP contribution < -0.4 is 5.46 Å². The highest BCUT2D eigenvalue weighted by atomic mass is 127. The van der Waals surface area contributed by atoms with Crippen molar-refractivity contribution in [2.75, 3.05) is 0 Å². The largest absolute Gasteiger partial charge is 0.488 e. The smallest absolute Gasteiger partial charge is 0.423 e. The Hall–Kier alpha value is -4.97. The molecular formula is C51H46BBr2IN2O2. The summed E-state index contributed by atoms with van der Waals surface area (Å²) in [5, 5.41) is 22.5. The van der Waals surface area contributed by atoms with Gasteiger partial charge < -0.3 is 19.2 Å². The fourth-order valence-corrected chi connectivity index (χ4v) is 8.11. The van der Waals surface area contributed by atoms with E-state index in [1.165, 1.54) is 69.7 Å². The first-order valence-corrected chi connectivity index (χ1v) is 20.7. The Labute approximate surface area is 378 Å². The Morgan fingerprint density at radius 1 is 0.390 bits per heavy atom. The minimum absolute atomic E-state index is 0. The maximum atomic E-state index is 8.65. The van der Waals surface area contributed by atoms with Crippen LogP contribution in [0.3, 0.4) is 0 Å². The third-order valence-electron chi connectivity index (χ3n) is 9.68. The van der Waals surface area contributed by atoms with Crippen LogP contribution in [0.2, 0.25) is 0 Å². The van der Waals surface area contributed by atoms with Gasteiger partial charge in [0.05, 0.1) is 22.1 Å². The molecule has 0 aliphatic rings. The number of nitrogens with zero attached hydrogens (tertiary/aromatic N) is 2. The number of halogens is 3. The van der Waals surface area contributed by atoms with E-state index >= 15 is 0 Å². The molecule has 10 rings (SSSR count). The Bertz CT molecular complexity index is 2910. The molecule has 8 heteroatoms. The zero-order chi connectivity index (χ0) is 38.6. The van der Waals surface area contributed by atoms with E-state index < -0.39 is 7.12 Å². The van der Waals surface area contributed by atoms with E-state index in [1.54, 1.807) is 24.3 Å². The van der Waals surface area contributed by atoms with Crippen molar-refractivity contribution in [3.63, 3.8) is 0 Å². The maximum Gasteiger partial charge on any atom is 0.488 e. The van der Waals surface area contributed by atoms with Gasteiger partial charge in [-0.25, -0.2) is 0 Å².